The molecule has 12 nitrogen and oxygen atoms in total. The fourth-order valence-electron chi connectivity index (χ4n) is 9.59. The van der Waals surface area contributed by atoms with Gasteiger partial charge in [0.05, 0.1) is 6.61 Å². The monoisotopic (exact) mass is 1160 g/mol. The first-order valence-electron chi connectivity index (χ1n) is 33.2. The Morgan fingerprint density at radius 2 is 0.771 bits per heavy atom. The van der Waals surface area contributed by atoms with Crippen LogP contribution in [0, 0.1) is 0 Å². The molecule has 1 aliphatic rings. The third-order valence-corrected chi connectivity index (χ3v) is 14.6. The summed E-state index contributed by atoms with van der Waals surface area (Å²) in [6.07, 6.45) is 65.1. The average Bonchev–Trinajstić information content (AvgIpc) is 3.59. The molecule has 1 fully saturated rings. The number of hydrogen-bond donors (Lipinski definition) is 3. The number of allylic oxidation sites excluding steroid dienone is 16. The Labute approximate surface area is 504 Å². The fourth-order valence-corrected chi connectivity index (χ4v) is 9.59. The van der Waals surface area contributed by atoms with Gasteiger partial charge in [0, 0.05) is 19.3 Å². The lowest BCUT2D eigenvalue weighted by molar-refractivity contribution is -0.301. The van der Waals surface area contributed by atoms with Gasteiger partial charge in [-0.2, -0.15) is 0 Å². The van der Waals surface area contributed by atoms with Gasteiger partial charge in [-0.05, 0) is 96.3 Å². The second-order valence-corrected chi connectivity index (χ2v) is 22.4. The number of rotatable bonds is 56. The van der Waals surface area contributed by atoms with Gasteiger partial charge < -0.3 is 39.0 Å². The van der Waals surface area contributed by atoms with Crippen molar-refractivity contribution in [2.24, 2.45) is 0 Å². The van der Waals surface area contributed by atoms with Crippen molar-refractivity contribution in [3.05, 3.63) is 97.2 Å². The Hall–Kier alpha value is -4.36. The zero-order valence-electron chi connectivity index (χ0n) is 52.4. The molecule has 0 bridgehead atoms. The van der Waals surface area contributed by atoms with Crippen molar-refractivity contribution in [1.82, 2.24) is 0 Å². The van der Waals surface area contributed by atoms with Crippen LogP contribution in [0.25, 0.3) is 0 Å². The lowest BCUT2D eigenvalue weighted by Crippen LogP contribution is -2.61. The van der Waals surface area contributed by atoms with E-state index in [4.69, 9.17) is 23.7 Å². The maximum atomic E-state index is 13.2. The van der Waals surface area contributed by atoms with Gasteiger partial charge in [-0.1, -0.05) is 259 Å². The smallest absolute Gasteiger partial charge is 0.335 e. The van der Waals surface area contributed by atoms with Crippen LogP contribution in [0.1, 0.15) is 278 Å². The summed E-state index contributed by atoms with van der Waals surface area (Å²) in [6.45, 7) is 5.83. The standard InChI is InChI=1S/C71H118O12/c1-4-7-10-13-16-19-22-25-28-31-32-35-36-39-42-45-48-51-54-57-63(72)79-60-62(81-64(73)58-55-52-49-46-43-40-37-33-29-26-23-20-17-14-11-8-5-2)61-80-71-69(67(76)66(75)68(83-71)70(77)78)82-65(74)59-56-53-50-47-44-41-38-34-30-27-24-21-18-15-12-9-6-3/h8,11,16-17,19-20,25-26,28-29,32,35,37,40,46,49,62,66-69,71,75-76H,4-7,9-10,12-15,18,21-24,27,30-31,33-34,36,38-39,41-45,47-48,50-61H2,1-3H3,(H,77,78)/b11-8-,19-16-,20-17-,28-25-,29-26-,35-32-,40-37-,49-46-. The molecule has 0 aromatic carbocycles. The molecule has 1 aliphatic heterocycles. The van der Waals surface area contributed by atoms with Crippen LogP contribution in [0.15, 0.2) is 97.2 Å². The molecule has 12 heteroatoms. The number of esters is 3. The molecule has 3 N–H and O–H groups in total. The summed E-state index contributed by atoms with van der Waals surface area (Å²) in [6, 6.07) is 0. The molecule has 1 heterocycles. The number of aliphatic hydroxyl groups excluding tert-OH is 2. The molecule has 0 spiro atoms. The van der Waals surface area contributed by atoms with Crippen LogP contribution in [0.3, 0.4) is 0 Å². The average molecular weight is 1160 g/mol. The highest BCUT2D eigenvalue weighted by Gasteiger charge is 2.50. The van der Waals surface area contributed by atoms with Crippen LogP contribution < -0.4 is 0 Å². The number of aliphatic carboxylic acids is 1. The molecule has 0 saturated carbocycles. The quantitative estimate of drug-likeness (QED) is 0.0228. The number of carbonyl (C=O) groups excluding carboxylic acids is 3. The highest BCUT2D eigenvalue weighted by molar-refractivity contribution is 5.74. The topological polar surface area (TPSA) is 175 Å². The van der Waals surface area contributed by atoms with Gasteiger partial charge in [0.2, 0.25) is 0 Å². The maximum absolute atomic E-state index is 13.2. The predicted molar refractivity (Wildman–Crippen MR) is 340 cm³/mol. The van der Waals surface area contributed by atoms with Crippen LogP contribution in [-0.2, 0) is 42.9 Å². The normalized spacial score (nSPS) is 18.2. The third kappa shape index (κ3) is 47.6. The van der Waals surface area contributed by atoms with Crippen molar-refractivity contribution in [3.8, 4) is 0 Å². The van der Waals surface area contributed by atoms with E-state index in [0.29, 0.717) is 25.7 Å². The predicted octanol–water partition coefficient (Wildman–Crippen LogP) is 18.0. The van der Waals surface area contributed by atoms with Gasteiger partial charge in [-0.15, -0.1) is 0 Å². The summed E-state index contributed by atoms with van der Waals surface area (Å²) in [5.74, 6) is -3.21. The Balaban J connectivity index is 2.70. The van der Waals surface area contributed by atoms with E-state index in [2.05, 4.69) is 106 Å². The summed E-state index contributed by atoms with van der Waals surface area (Å²) in [5.41, 5.74) is 0. The molecule has 0 radical (unpaired) electrons. The van der Waals surface area contributed by atoms with Gasteiger partial charge in [0.25, 0.3) is 0 Å². The highest BCUT2D eigenvalue weighted by Crippen LogP contribution is 2.27. The van der Waals surface area contributed by atoms with E-state index >= 15 is 0 Å². The number of aliphatic hydroxyl groups is 2. The second-order valence-electron chi connectivity index (χ2n) is 22.4. The summed E-state index contributed by atoms with van der Waals surface area (Å²) < 4.78 is 28.5. The van der Waals surface area contributed by atoms with Gasteiger partial charge in [0.1, 0.15) is 18.8 Å². The largest absolute Gasteiger partial charge is 0.479 e. The Morgan fingerprint density at radius 1 is 0.410 bits per heavy atom. The highest BCUT2D eigenvalue weighted by atomic mass is 16.7. The summed E-state index contributed by atoms with van der Waals surface area (Å²) >= 11 is 0. The lowest BCUT2D eigenvalue weighted by Gasteiger charge is -2.40. The second kappa shape index (κ2) is 58.0. The van der Waals surface area contributed by atoms with Gasteiger partial charge in [-0.25, -0.2) is 4.79 Å². The minimum atomic E-state index is -1.92. The Bertz CT molecular complexity index is 1810. The molecular weight excluding hydrogens is 1040 g/mol. The summed E-state index contributed by atoms with van der Waals surface area (Å²) in [7, 11) is 0. The minimum absolute atomic E-state index is 0.0522. The van der Waals surface area contributed by atoms with Crippen LogP contribution >= 0.6 is 0 Å². The summed E-state index contributed by atoms with van der Waals surface area (Å²) in [4.78, 5) is 51.4. The van der Waals surface area contributed by atoms with E-state index in [1.54, 1.807) is 0 Å². The zero-order valence-corrected chi connectivity index (χ0v) is 52.4. The molecule has 0 amide bonds. The van der Waals surface area contributed by atoms with E-state index in [1.165, 1.54) is 103 Å². The first kappa shape index (κ1) is 76.7. The van der Waals surface area contributed by atoms with Crippen molar-refractivity contribution >= 4 is 23.9 Å². The van der Waals surface area contributed by atoms with Gasteiger partial charge in [0.15, 0.2) is 24.6 Å². The first-order chi connectivity index (χ1) is 40.6. The van der Waals surface area contributed by atoms with Crippen LogP contribution in [-0.4, -0.2) is 89.2 Å². The SMILES string of the molecule is CC/C=C\C/C=C\C/C=C\C/C=C\C/C=C\CCCC(=O)OC(COC(=O)CCCCCCCC/C=C\C/C=C\C/C=C\CCCCC)COC1OC(C(=O)O)C(O)C(O)C1OC(=O)CCCCCCCCCCCCCCCCCCC. The first-order valence-corrected chi connectivity index (χ1v) is 33.2. The number of carboxylic acid groups (broad SMARTS) is 1. The number of hydrogen-bond acceptors (Lipinski definition) is 11. The number of carbonyl (C=O) groups is 4. The van der Waals surface area contributed by atoms with E-state index < -0.39 is 67.3 Å². The van der Waals surface area contributed by atoms with E-state index in [-0.39, 0.29) is 25.9 Å². The van der Waals surface area contributed by atoms with E-state index in [0.717, 1.165) is 109 Å². The molecule has 0 aromatic heterocycles. The maximum Gasteiger partial charge on any atom is 0.335 e. The molecule has 1 rings (SSSR count). The van der Waals surface area contributed by atoms with Crippen molar-refractivity contribution in [1.29, 1.82) is 0 Å². The van der Waals surface area contributed by atoms with Gasteiger partial charge in [-0.3, -0.25) is 14.4 Å². The van der Waals surface area contributed by atoms with Crippen molar-refractivity contribution < 1.29 is 58.2 Å². The number of unbranched alkanes of at least 4 members (excludes halogenated alkanes) is 26. The van der Waals surface area contributed by atoms with Crippen LogP contribution in [0.2, 0.25) is 0 Å². The van der Waals surface area contributed by atoms with Crippen LogP contribution in [0.5, 0.6) is 0 Å². The molecule has 0 aliphatic carbocycles. The minimum Gasteiger partial charge on any atom is -0.479 e. The van der Waals surface area contributed by atoms with Crippen molar-refractivity contribution in [3.63, 3.8) is 0 Å². The number of ether oxygens (including phenoxy) is 5. The molecule has 83 heavy (non-hydrogen) atoms. The van der Waals surface area contributed by atoms with Crippen LogP contribution in [0.4, 0.5) is 0 Å². The fraction of sp³-hybridized carbons (Fsp3) is 0.718. The zero-order chi connectivity index (χ0) is 60.3. The van der Waals surface area contributed by atoms with E-state index in [1.807, 2.05) is 12.2 Å². The van der Waals surface area contributed by atoms with Crippen molar-refractivity contribution in [2.45, 2.75) is 314 Å². The summed E-state index contributed by atoms with van der Waals surface area (Å²) in [5, 5.41) is 31.6. The van der Waals surface area contributed by atoms with E-state index in [9.17, 15) is 34.5 Å². The molecule has 1 saturated heterocycles. The molecule has 6 atom stereocenters. The Morgan fingerprint density at radius 3 is 1.22 bits per heavy atom. The van der Waals surface area contributed by atoms with Crippen molar-refractivity contribution in [2.75, 3.05) is 13.2 Å². The Kier molecular flexibility index (Phi) is 53.6. The third-order valence-electron chi connectivity index (χ3n) is 14.6. The lowest BCUT2D eigenvalue weighted by atomic mass is 9.98. The molecule has 6 unspecified atom stereocenters. The molecule has 474 valence electrons. The van der Waals surface area contributed by atoms with Gasteiger partial charge >= 0.3 is 23.9 Å². The molecule has 0 aromatic rings. The number of carboxylic acids is 1. The molecular formula is C71H118O12.